The zero-order valence-electron chi connectivity index (χ0n) is 10.1. The summed E-state index contributed by atoms with van der Waals surface area (Å²) in [6, 6.07) is 0.326. The average molecular weight is 227 g/mol. The summed E-state index contributed by atoms with van der Waals surface area (Å²) in [5.74, 6) is -0.272. The smallest absolute Gasteiger partial charge is 0.303 e. The summed E-state index contributed by atoms with van der Waals surface area (Å²) in [4.78, 5) is 23.8. The molecule has 1 saturated carbocycles. The third-order valence-electron chi connectivity index (χ3n) is 3.47. The number of amides is 1. The van der Waals surface area contributed by atoms with Crippen molar-refractivity contribution in [2.75, 3.05) is 6.54 Å². The van der Waals surface area contributed by atoms with E-state index in [0.29, 0.717) is 12.0 Å². The predicted molar refractivity (Wildman–Crippen MR) is 61.1 cm³/mol. The summed E-state index contributed by atoms with van der Waals surface area (Å²) in [6.07, 6.45) is 4.04. The van der Waals surface area contributed by atoms with Crippen molar-refractivity contribution in [2.45, 2.75) is 52.0 Å². The number of aliphatic carboxylic acids is 1. The number of carboxylic acids is 1. The second kappa shape index (κ2) is 5.87. The molecule has 4 nitrogen and oxygen atoms in total. The molecule has 0 aliphatic heterocycles. The lowest BCUT2D eigenvalue weighted by Gasteiger charge is -2.35. The summed E-state index contributed by atoms with van der Waals surface area (Å²) < 4.78 is 0. The molecule has 1 fully saturated rings. The van der Waals surface area contributed by atoms with Gasteiger partial charge in [-0.25, -0.2) is 0 Å². The molecule has 1 aliphatic carbocycles. The Labute approximate surface area is 96.6 Å². The van der Waals surface area contributed by atoms with Crippen LogP contribution in [0.15, 0.2) is 0 Å². The number of rotatable bonds is 4. The Kier molecular flexibility index (Phi) is 4.77. The van der Waals surface area contributed by atoms with Crippen LogP contribution in [0.2, 0.25) is 0 Å². The van der Waals surface area contributed by atoms with Gasteiger partial charge in [-0.2, -0.15) is 0 Å². The van der Waals surface area contributed by atoms with E-state index in [1.807, 2.05) is 11.8 Å². The molecule has 1 rings (SSSR count). The number of hydrogen-bond acceptors (Lipinski definition) is 2. The zero-order valence-corrected chi connectivity index (χ0v) is 10.1. The van der Waals surface area contributed by atoms with E-state index in [1.54, 1.807) is 6.92 Å². The van der Waals surface area contributed by atoms with Gasteiger partial charge in [-0.15, -0.1) is 0 Å². The molecule has 92 valence electrons. The minimum atomic E-state index is -0.706. The Morgan fingerprint density at radius 2 is 1.81 bits per heavy atom. The first kappa shape index (κ1) is 13.0. The van der Waals surface area contributed by atoms with Gasteiger partial charge >= 0.3 is 5.97 Å². The van der Waals surface area contributed by atoms with Crippen molar-refractivity contribution in [1.82, 2.24) is 4.90 Å². The molecule has 1 aliphatic rings. The molecule has 0 bridgehead atoms. The fraction of sp³-hybridized carbons (Fsp3) is 0.833. The van der Waals surface area contributed by atoms with Crippen LogP contribution in [0.1, 0.15) is 46.0 Å². The largest absolute Gasteiger partial charge is 0.481 e. The van der Waals surface area contributed by atoms with Crippen molar-refractivity contribution in [2.24, 2.45) is 5.92 Å². The SMILES string of the molecule is CCN(C(C)=O)[C@H]1CC[C@H](CC(=O)O)CC1. The lowest BCUT2D eigenvalue weighted by molar-refractivity contribution is -0.139. The summed E-state index contributed by atoms with van der Waals surface area (Å²) in [6.45, 7) is 4.35. The van der Waals surface area contributed by atoms with E-state index in [2.05, 4.69) is 0 Å². The van der Waals surface area contributed by atoms with Gasteiger partial charge < -0.3 is 10.0 Å². The van der Waals surface area contributed by atoms with E-state index < -0.39 is 5.97 Å². The Balaban J connectivity index is 2.41. The van der Waals surface area contributed by atoms with Crippen LogP contribution in [-0.2, 0) is 9.59 Å². The number of carboxylic acid groups (broad SMARTS) is 1. The molecule has 0 radical (unpaired) electrons. The Bertz CT molecular complexity index is 257. The maximum atomic E-state index is 11.4. The highest BCUT2D eigenvalue weighted by Gasteiger charge is 2.27. The second-order valence-electron chi connectivity index (χ2n) is 4.58. The molecule has 0 atom stereocenters. The molecule has 0 aromatic rings. The first-order valence-electron chi connectivity index (χ1n) is 6.03. The van der Waals surface area contributed by atoms with Crippen LogP contribution in [0.5, 0.6) is 0 Å². The highest BCUT2D eigenvalue weighted by molar-refractivity contribution is 5.73. The van der Waals surface area contributed by atoms with Gasteiger partial charge in [-0.05, 0) is 38.5 Å². The quantitative estimate of drug-likeness (QED) is 0.797. The van der Waals surface area contributed by atoms with Crippen LogP contribution in [-0.4, -0.2) is 34.5 Å². The van der Waals surface area contributed by atoms with E-state index in [1.165, 1.54) is 0 Å². The van der Waals surface area contributed by atoms with Crippen molar-refractivity contribution in [3.05, 3.63) is 0 Å². The summed E-state index contributed by atoms with van der Waals surface area (Å²) in [5.41, 5.74) is 0. The summed E-state index contributed by atoms with van der Waals surface area (Å²) >= 11 is 0. The molecular formula is C12H21NO3. The van der Waals surface area contributed by atoms with E-state index in [4.69, 9.17) is 5.11 Å². The molecule has 1 amide bonds. The van der Waals surface area contributed by atoms with Crippen LogP contribution in [0.4, 0.5) is 0 Å². The third-order valence-corrected chi connectivity index (χ3v) is 3.47. The van der Waals surface area contributed by atoms with E-state index in [-0.39, 0.29) is 12.3 Å². The van der Waals surface area contributed by atoms with E-state index >= 15 is 0 Å². The Morgan fingerprint density at radius 3 is 2.19 bits per heavy atom. The number of carbonyl (C=O) groups excluding carboxylic acids is 1. The fourth-order valence-electron chi connectivity index (χ4n) is 2.65. The zero-order chi connectivity index (χ0) is 12.1. The standard InChI is InChI=1S/C12H21NO3/c1-3-13(9(2)14)11-6-4-10(5-7-11)8-12(15)16/h10-11H,3-8H2,1-2H3,(H,15,16)/t10-,11-. The first-order valence-corrected chi connectivity index (χ1v) is 6.03. The highest BCUT2D eigenvalue weighted by atomic mass is 16.4. The molecule has 0 heterocycles. The van der Waals surface area contributed by atoms with Crippen molar-refractivity contribution in [3.63, 3.8) is 0 Å². The molecule has 4 heteroatoms. The topological polar surface area (TPSA) is 57.6 Å². The van der Waals surface area contributed by atoms with Gasteiger partial charge in [0.1, 0.15) is 0 Å². The van der Waals surface area contributed by atoms with Gasteiger partial charge in [0.2, 0.25) is 5.91 Å². The monoisotopic (exact) mass is 227 g/mol. The van der Waals surface area contributed by atoms with Gasteiger partial charge in [0.15, 0.2) is 0 Å². The average Bonchev–Trinajstić information content (AvgIpc) is 2.20. The third kappa shape index (κ3) is 3.51. The summed E-state index contributed by atoms with van der Waals surface area (Å²) in [5, 5.41) is 8.71. The molecule has 1 N–H and O–H groups in total. The predicted octanol–water partition coefficient (Wildman–Crippen LogP) is 1.89. The molecule has 0 aromatic carbocycles. The normalized spacial score (nSPS) is 25.1. The number of carbonyl (C=O) groups is 2. The first-order chi connectivity index (χ1) is 7.54. The van der Waals surface area contributed by atoms with Gasteiger partial charge in [-0.1, -0.05) is 0 Å². The molecule has 0 saturated heterocycles. The van der Waals surface area contributed by atoms with Crippen molar-refractivity contribution >= 4 is 11.9 Å². The van der Waals surface area contributed by atoms with Crippen molar-refractivity contribution in [3.8, 4) is 0 Å². The highest BCUT2D eigenvalue weighted by Crippen LogP contribution is 2.29. The minimum Gasteiger partial charge on any atom is -0.481 e. The van der Waals surface area contributed by atoms with E-state index in [0.717, 1.165) is 32.2 Å². The second-order valence-corrected chi connectivity index (χ2v) is 4.58. The molecule has 16 heavy (non-hydrogen) atoms. The lowest BCUT2D eigenvalue weighted by atomic mass is 9.83. The van der Waals surface area contributed by atoms with Crippen LogP contribution in [0.25, 0.3) is 0 Å². The lowest BCUT2D eigenvalue weighted by Crippen LogP contribution is -2.41. The maximum Gasteiger partial charge on any atom is 0.303 e. The Morgan fingerprint density at radius 1 is 1.25 bits per heavy atom. The molecule has 0 unspecified atom stereocenters. The van der Waals surface area contributed by atoms with E-state index in [9.17, 15) is 9.59 Å². The van der Waals surface area contributed by atoms with Crippen molar-refractivity contribution < 1.29 is 14.7 Å². The van der Waals surface area contributed by atoms with Gasteiger partial charge in [0.25, 0.3) is 0 Å². The van der Waals surface area contributed by atoms with Crippen LogP contribution in [0.3, 0.4) is 0 Å². The maximum absolute atomic E-state index is 11.4. The number of hydrogen-bond donors (Lipinski definition) is 1. The van der Waals surface area contributed by atoms with Crippen LogP contribution >= 0.6 is 0 Å². The van der Waals surface area contributed by atoms with Crippen LogP contribution in [0, 0.1) is 5.92 Å². The van der Waals surface area contributed by atoms with Gasteiger partial charge in [-0.3, -0.25) is 9.59 Å². The fourth-order valence-corrected chi connectivity index (χ4v) is 2.65. The summed E-state index contributed by atoms with van der Waals surface area (Å²) in [7, 11) is 0. The Hall–Kier alpha value is -1.06. The minimum absolute atomic E-state index is 0.129. The van der Waals surface area contributed by atoms with Crippen molar-refractivity contribution in [1.29, 1.82) is 0 Å². The van der Waals surface area contributed by atoms with Gasteiger partial charge in [0.05, 0.1) is 0 Å². The molecular weight excluding hydrogens is 206 g/mol. The number of nitrogens with zero attached hydrogens (tertiary/aromatic N) is 1. The van der Waals surface area contributed by atoms with Gasteiger partial charge in [0, 0.05) is 25.9 Å². The molecule has 0 spiro atoms. The molecule has 0 aromatic heterocycles. The van der Waals surface area contributed by atoms with Crippen LogP contribution < -0.4 is 0 Å².